The van der Waals surface area contributed by atoms with Crippen LogP contribution in [-0.4, -0.2) is 23.9 Å². The van der Waals surface area contributed by atoms with E-state index >= 15 is 0 Å². The monoisotopic (exact) mass is 363 g/mol. The molecule has 0 heterocycles. The Morgan fingerprint density at radius 3 is 2.81 bits per heavy atom. The van der Waals surface area contributed by atoms with Crippen LogP contribution in [0.3, 0.4) is 0 Å². The quantitative estimate of drug-likeness (QED) is 0.781. The van der Waals surface area contributed by atoms with Crippen LogP contribution in [0.4, 0.5) is 8.78 Å². The SMILES string of the molecule is OC1CCCCCC1NCc1cc(Br)ccc1OC(F)F. The average Bonchev–Trinajstić information content (AvgIpc) is 2.63. The second-order valence-electron chi connectivity index (χ2n) is 5.32. The topological polar surface area (TPSA) is 41.5 Å². The molecule has 0 radical (unpaired) electrons. The van der Waals surface area contributed by atoms with Crippen LogP contribution < -0.4 is 10.1 Å². The van der Waals surface area contributed by atoms with Gasteiger partial charge in [0.25, 0.3) is 0 Å². The zero-order chi connectivity index (χ0) is 15.2. The van der Waals surface area contributed by atoms with E-state index in [1.165, 1.54) is 6.07 Å². The van der Waals surface area contributed by atoms with E-state index in [0.29, 0.717) is 12.1 Å². The number of hydrogen-bond donors (Lipinski definition) is 2. The third kappa shape index (κ3) is 5.20. The minimum Gasteiger partial charge on any atom is -0.434 e. The van der Waals surface area contributed by atoms with Crippen molar-refractivity contribution in [1.82, 2.24) is 5.32 Å². The van der Waals surface area contributed by atoms with Gasteiger partial charge in [-0.25, -0.2) is 0 Å². The highest BCUT2D eigenvalue weighted by Crippen LogP contribution is 2.26. The van der Waals surface area contributed by atoms with Gasteiger partial charge in [-0.3, -0.25) is 0 Å². The molecule has 0 bridgehead atoms. The molecule has 21 heavy (non-hydrogen) atoms. The summed E-state index contributed by atoms with van der Waals surface area (Å²) < 4.78 is 30.2. The molecule has 1 aliphatic carbocycles. The second-order valence-corrected chi connectivity index (χ2v) is 6.24. The number of alkyl halides is 2. The number of aliphatic hydroxyl groups is 1. The maximum Gasteiger partial charge on any atom is 0.387 e. The Balaban J connectivity index is 2.02. The standard InChI is InChI=1S/C15H20BrF2NO2/c16-11-6-7-14(21-15(17)18)10(8-11)9-19-12-4-2-1-3-5-13(12)20/h6-8,12-13,15,19-20H,1-5,9H2. The molecule has 2 atom stereocenters. The van der Waals surface area contributed by atoms with Crippen LogP contribution in [-0.2, 0) is 6.54 Å². The summed E-state index contributed by atoms with van der Waals surface area (Å²) in [6.07, 6.45) is 4.56. The summed E-state index contributed by atoms with van der Waals surface area (Å²) in [7, 11) is 0. The molecule has 6 heteroatoms. The van der Waals surface area contributed by atoms with Gasteiger partial charge in [0, 0.05) is 22.6 Å². The Hall–Kier alpha value is -0.720. The molecule has 0 amide bonds. The summed E-state index contributed by atoms with van der Waals surface area (Å²) in [5.74, 6) is 0.170. The molecule has 1 aromatic carbocycles. The van der Waals surface area contributed by atoms with E-state index in [2.05, 4.69) is 26.0 Å². The Labute approximate surface area is 131 Å². The lowest BCUT2D eigenvalue weighted by Gasteiger charge is -2.22. The summed E-state index contributed by atoms with van der Waals surface area (Å²) in [6.45, 7) is -2.45. The van der Waals surface area contributed by atoms with Gasteiger partial charge in [-0.2, -0.15) is 8.78 Å². The molecule has 1 aromatic rings. The van der Waals surface area contributed by atoms with Crippen molar-refractivity contribution >= 4 is 15.9 Å². The van der Waals surface area contributed by atoms with Gasteiger partial charge in [0.1, 0.15) is 5.75 Å². The highest BCUT2D eigenvalue weighted by molar-refractivity contribution is 9.10. The lowest BCUT2D eigenvalue weighted by molar-refractivity contribution is -0.0505. The third-order valence-corrected chi connectivity index (χ3v) is 4.27. The van der Waals surface area contributed by atoms with E-state index in [-0.39, 0.29) is 17.9 Å². The predicted molar refractivity (Wildman–Crippen MR) is 80.5 cm³/mol. The van der Waals surface area contributed by atoms with Crippen molar-refractivity contribution in [2.24, 2.45) is 0 Å². The van der Waals surface area contributed by atoms with Crippen LogP contribution in [0.2, 0.25) is 0 Å². The predicted octanol–water partition coefficient (Wildman–Crippen LogP) is 3.83. The van der Waals surface area contributed by atoms with E-state index in [9.17, 15) is 13.9 Å². The third-order valence-electron chi connectivity index (χ3n) is 3.77. The van der Waals surface area contributed by atoms with Crippen molar-refractivity contribution < 1.29 is 18.6 Å². The smallest absolute Gasteiger partial charge is 0.387 e. The zero-order valence-corrected chi connectivity index (χ0v) is 13.3. The van der Waals surface area contributed by atoms with Gasteiger partial charge in [0.05, 0.1) is 6.10 Å². The molecule has 2 N–H and O–H groups in total. The molecule has 2 unspecified atom stereocenters. The van der Waals surface area contributed by atoms with Crippen LogP contribution in [0.15, 0.2) is 22.7 Å². The van der Waals surface area contributed by atoms with Gasteiger partial charge in [-0.1, -0.05) is 35.2 Å². The second kappa shape index (κ2) is 8.06. The number of ether oxygens (including phenoxy) is 1. The molecule has 1 saturated carbocycles. The molecule has 0 spiro atoms. The van der Waals surface area contributed by atoms with Gasteiger partial charge in [-0.15, -0.1) is 0 Å². The van der Waals surface area contributed by atoms with Gasteiger partial charge in [0.15, 0.2) is 0 Å². The van der Waals surface area contributed by atoms with Crippen molar-refractivity contribution in [3.05, 3.63) is 28.2 Å². The van der Waals surface area contributed by atoms with E-state index in [1.54, 1.807) is 12.1 Å². The number of aliphatic hydroxyl groups excluding tert-OH is 1. The highest BCUT2D eigenvalue weighted by atomic mass is 79.9. The molecular weight excluding hydrogens is 344 g/mol. The van der Waals surface area contributed by atoms with Crippen molar-refractivity contribution in [3.8, 4) is 5.75 Å². The Kier molecular flexibility index (Phi) is 6.39. The Bertz CT molecular complexity index is 459. The summed E-state index contributed by atoms with van der Waals surface area (Å²) in [5, 5.41) is 13.3. The number of halogens is 3. The zero-order valence-electron chi connectivity index (χ0n) is 11.7. The lowest BCUT2D eigenvalue weighted by Crippen LogP contribution is -2.38. The van der Waals surface area contributed by atoms with E-state index in [4.69, 9.17) is 0 Å². The van der Waals surface area contributed by atoms with Crippen LogP contribution in [0.1, 0.15) is 37.7 Å². The molecule has 1 fully saturated rings. The Morgan fingerprint density at radius 1 is 1.29 bits per heavy atom. The molecule has 2 rings (SSSR count). The van der Waals surface area contributed by atoms with Crippen molar-refractivity contribution in [1.29, 1.82) is 0 Å². The molecular formula is C15H20BrF2NO2. The number of rotatable bonds is 5. The van der Waals surface area contributed by atoms with Gasteiger partial charge >= 0.3 is 6.61 Å². The molecule has 118 valence electrons. The van der Waals surface area contributed by atoms with Crippen molar-refractivity contribution in [2.75, 3.05) is 0 Å². The van der Waals surface area contributed by atoms with E-state index in [1.807, 2.05) is 0 Å². The van der Waals surface area contributed by atoms with Crippen LogP contribution in [0, 0.1) is 0 Å². The Morgan fingerprint density at radius 2 is 2.05 bits per heavy atom. The average molecular weight is 364 g/mol. The van der Waals surface area contributed by atoms with E-state index in [0.717, 1.165) is 36.6 Å². The van der Waals surface area contributed by atoms with Crippen molar-refractivity contribution in [2.45, 2.75) is 57.4 Å². The molecule has 0 aliphatic heterocycles. The molecule has 3 nitrogen and oxygen atoms in total. The fourth-order valence-electron chi connectivity index (χ4n) is 2.66. The molecule has 0 saturated heterocycles. The fraction of sp³-hybridized carbons (Fsp3) is 0.600. The highest BCUT2D eigenvalue weighted by Gasteiger charge is 2.21. The van der Waals surface area contributed by atoms with Gasteiger partial charge in [0.2, 0.25) is 0 Å². The minimum absolute atomic E-state index is 0.00545. The molecule has 1 aliphatic rings. The number of benzene rings is 1. The first kappa shape index (κ1) is 16.6. The van der Waals surface area contributed by atoms with Crippen LogP contribution >= 0.6 is 15.9 Å². The normalized spacial score (nSPS) is 23.1. The van der Waals surface area contributed by atoms with Gasteiger partial charge < -0.3 is 15.2 Å². The summed E-state index contributed by atoms with van der Waals surface area (Å²) >= 11 is 3.33. The summed E-state index contributed by atoms with van der Waals surface area (Å²) in [5.41, 5.74) is 0.654. The van der Waals surface area contributed by atoms with Crippen LogP contribution in [0.25, 0.3) is 0 Å². The first-order valence-corrected chi connectivity index (χ1v) is 8.00. The van der Waals surface area contributed by atoms with E-state index < -0.39 is 6.61 Å². The number of hydrogen-bond acceptors (Lipinski definition) is 3. The van der Waals surface area contributed by atoms with Gasteiger partial charge in [-0.05, 0) is 31.0 Å². The first-order chi connectivity index (χ1) is 10.1. The van der Waals surface area contributed by atoms with Crippen molar-refractivity contribution in [3.63, 3.8) is 0 Å². The maximum atomic E-state index is 12.4. The summed E-state index contributed by atoms with van der Waals surface area (Å²) in [6, 6.07) is 4.96. The first-order valence-electron chi connectivity index (χ1n) is 7.21. The largest absolute Gasteiger partial charge is 0.434 e. The lowest BCUT2D eigenvalue weighted by atomic mass is 10.1. The van der Waals surface area contributed by atoms with Crippen LogP contribution in [0.5, 0.6) is 5.75 Å². The summed E-state index contributed by atoms with van der Waals surface area (Å²) in [4.78, 5) is 0. The fourth-order valence-corrected chi connectivity index (χ4v) is 3.07. The number of nitrogens with one attached hydrogen (secondary N) is 1. The minimum atomic E-state index is -2.84. The maximum absolute atomic E-state index is 12.4. The molecule has 0 aromatic heterocycles.